The molecule has 6 nitrogen and oxygen atoms in total. The number of benzene rings is 2. The third-order valence-electron chi connectivity index (χ3n) is 3.97. The lowest BCUT2D eigenvalue weighted by atomic mass is 10.1. The standard InChI is InChI=1S/C20H18N4O2S/c1-2-26-18-6-4-3-5-16(18)22-19(25)21-15-9-7-14(8-10-15)17-13-24-11-12-27-20(24)23-17/h3-13H,2H2,1H3,(H2,21,22,25). The minimum atomic E-state index is -0.322. The van der Waals surface area contributed by atoms with Gasteiger partial charge in [0.15, 0.2) is 4.96 Å². The summed E-state index contributed by atoms with van der Waals surface area (Å²) in [6, 6.07) is 14.6. The fraction of sp³-hybridized carbons (Fsp3) is 0.100. The van der Waals surface area contributed by atoms with Gasteiger partial charge in [0, 0.05) is 29.0 Å². The number of nitrogens with zero attached hydrogens (tertiary/aromatic N) is 2. The summed E-state index contributed by atoms with van der Waals surface area (Å²) in [4.78, 5) is 17.8. The number of aromatic nitrogens is 2. The molecule has 0 spiro atoms. The minimum absolute atomic E-state index is 0.322. The molecule has 2 N–H and O–H groups in total. The fourth-order valence-corrected chi connectivity index (χ4v) is 3.43. The molecule has 7 heteroatoms. The van der Waals surface area contributed by atoms with Crippen molar-refractivity contribution in [1.29, 1.82) is 0 Å². The number of hydrogen-bond donors (Lipinski definition) is 2. The van der Waals surface area contributed by atoms with Crippen LogP contribution in [0.15, 0.2) is 66.3 Å². The molecule has 0 aliphatic carbocycles. The molecule has 4 aromatic rings. The van der Waals surface area contributed by atoms with E-state index in [0.29, 0.717) is 23.7 Å². The molecule has 2 aromatic carbocycles. The highest BCUT2D eigenvalue weighted by atomic mass is 32.1. The van der Waals surface area contributed by atoms with E-state index in [1.54, 1.807) is 17.4 Å². The van der Waals surface area contributed by atoms with Crippen LogP contribution in [-0.2, 0) is 0 Å². The number of rotatable bonds is 5. The normalized spacial score (nSPS) is 10.7. The lowest BCUT2D eigenvalue weighted by Crippen LogP contribution is -2.19. The molecule has 0 saturated carbocycles. The van der Waals surface area contributed by atoms with E-state index < -0.39 is 0 Å². The molecule has 0 fully saturated rings. The van der Waals surface area contributed by atoms with Crippen molar-refractivity contribution in [2.45, 2.75) is 6.92 Å². The number of para-hydroxylation sites is 2. The van der Waals surface area contributed by atoms with Crippen molar-refractivity contribution in [3.63, 3.8) is 0 Å². The maximum Gasteiger partial charge on any atom is 0.323 e. The van der Waals surface area contributed by atoms with Crippen LogP contribution in [-0.4, -0.2) is 22.0 Å². The monoisotopic (exact) mass is 378 g/mol. The summed E-state index contributed by atoms with van der Waals surface area (Å²) in [5.74, 6) is 0.644. The second-order valence-corrected chi connectivity index (χ2v) is 6.68. The number of hydrogen-bond acceptors (Lipinski definition) is 4. The zero-order chi connectivity index (χ0) is 18.6. The third kappa shape index (κ3) is 3.78. The van der Waals surface area contributed by atoms with Gasteiger partial charge < -0.3 is 15.4 Å². The maximum atomic E-state index is 12.3. The summed E-state index contributed by atoms with van der Waals surface area (Å²) in [6.07, 6.45) is 3.97. The number of amides is 2. The Kier molecular flexibility index (Phi) is 4.76. The molecule has 2 heterocycles. The summed E-state index contributed by atoms with van der Waals surface area (Å²) in [6.45, 7) is 2.44. The Morgan fingerprint density at radius 2 is 1.96 bits per heavy atom. The van der Waals surface area contributed by atoms with Crippen LogP contribution in [0.25, 0.3) is 16.2 Å². The predicted molar refractivity (Wildman–Crippen MR) is 109 cm³/mol. The summed E-state index contributed by atoms with van der Waals surface area (Å²) in [7, 11) is 0. The SMILES string of the molecule is CCOc1ccccc1NC(=O)Nc1ccc(-c2cn3ccsc3n2)cc1. The van der Waals surface area contributed by atoms with Crippen LogP contribution in [0.3, 0.4) is 0 Å². The second-order valence-electron chi connectivity index (χ2n) is 5.80. The smallest absolute Gasteiger partial charge is 0.323 e. The number of thiazole rings is 1. The second kappa shape index (κ2) is 7.51. The fourth-order valence-electron chi connectivity index (χ4n) is 2.73. The van der Waals surface area contributed by atoms with Gasteiger partial charge in [0.1, 0.15) is 5.75 Å². The van der Waals surface area contributed by atoms with Crippen molar-refractivity contribution in [3.8, 4) is 17.0 Å². The highest BCUT2D eigenvalue weighted by Crippen LogP contribution is 2.25. The van der Waals surface area contributed by atoms with Gasteiger partial charge in [-0.05, 0) is 31.2 Å². The van der Waals surface area contributed by atoms with Crippen molar-refractivity contribution >= 4 is 33.7 Å². The molecule has 0 bridgehead atoms. The van der Waals surface area contributed by atoms with E-state index in [2.05, 4.69) is 15.6 Å². The molecule has 0 aliphatic rings. The van der Waals surface area contributed by atoms with Crippen LogP contribution in [0.1, 0.15) is 6.92 Å². The van der Waals surface area contributed by atoms with Crippen LogP contribution in [0.2, 0.25) is 0 Å². The van der Waals surface area contributed by atoms with Crippen molar-refractivity contribution in [2.24, 2.45) is 0 Å². The predicted octanol–water partition coefficient (Wildman–Crippen LogP) is 5.11. The molecular formula is C20H18N4O2S. The van der Waals surface area contributed by atoms with Crippen molar-refractivity contribution in [2.75, 3.05) is 17.2 Å². The first-order chi connectivity index (χ1) is 13.2. The number of urea groups is 1. The first kappa shape index (κ1) is 17.1. The Hall–Kier alpha value is -3.32. The van der Waals surface area contributed by atoms with Gasteiger partial charge >= 0.3 is 6.03 Å². The summed E-state index contributed by atoms with van der Waals surface area (Å²) < 4.78 is 7.52. The maximum absolute atomic E-state index is 12.3. The van der Waals surface area contributed by atoms with Crippen LogP contribution >= 0.6 is 11.3 Å². The Balaban J connectivity index is 1.44. The van der Waals surface area contributed by atoms with Gasteiger partial charge in [-0.2, -0.15) is 0 Å². The first-order valence-electron chi connectivity index (χ1n) is 8.55. The number of imidazole rings is 1. The summed E-state index contributed by atoms with van der Waals surface area (Å²) in [5.41, 5.74) is 3.24. The van der Waals surface area contributed by atoms with E-state index in [-0.39, 0.29) is 6.03 Å². The molecule has 136 valence electrons. The Morgan fingerprint density at radius 1 is 1.15 bits per heavy atom. The number of carbonyl (C=O) groups excluding carboxylic acids is 1. The van der Waals surface area contributed by atoms with E-state index in [0.717, 1.165) is 16.2 Å². The minimum Gasteiger partial charge on any atom is -0.492 e. The molecular weight excluding hydrogens is 360 g/mol. The van der Waals surface area contributed by atoms with E-state index in [1.807, 2.05) is 71.6 Å². The van der Waals surface area contributed by atoms with Gasteiger partial charge in [-0.3, -0.25) is 4.40 Å². The van der Waals surface area contributed by atoms with Crippen LogP contribution in [0.4, 0.5) is 16.2 Å². The summed E-state index contributed by atoms with van der Waals surface area (Å²) in [5, 5.41) is 7.65. The van der Waals surface area contributed by atoms with Gasteiger partial charge in [-0.25, -0.2) is 9.78 Å². The van der Waals surface area contributed by atoms with Crippen molar-refractivity contribution < 1.29 is 9.53 Å². The molecule has 0 unspecified atom stereocenters. The average Bonchev–Trinajstić information content (AvgIpc) is 3.26. The third-order valence-corrected chi connectivity index (χ3v) is 4.74. The molecule has 27 heavy (non-hydrogen) atoms. The van der Waals surface area contributed by atoms with Crippen molar-refractivity contribution in [1.82, 2.24) is 9.38 Å². The van der Waals surface area contributed by atoms with E-state index >= 15 is 0 Å². The number of fused-ring (bicyclic) bond motifs is 1. The molecule has 0 saturated heterocycles. The number of anilines is 2. The lowest BCUT2D eigenvalue weighted by Gasteiger charge is -2.12. The quantitative estimate of drug-likeness (QED) is 0.507. The van der Waals surface area contributed by atoms with Gasteiger partial charge in [0.2, 0.25) is 0 Å². The molecule has 0 aliphatic heterocycles. The Morgan fingerprint density at radius 3 is 2.74 bits per heavy atom. The number of carbonyl (C=O) groups is 1. The molecule has 2 amide bonds. The van der Waals surface area contributed by atoms with Crippen LogP contribution < -0.4 is 15.4 Å². The molecule has 0 radical (unpaired) electrons. The highest BCUT2D eigenvalue weighted by Gasteiger charge is 2.09. The first-order valence-corrected chi connectivity index (χ1v) is 9.43. The largest absolute Gasteiger partial charge is 0.492 e. The van der Waals surface area contributed by atoms with E-state index in [9.17, 15) is 4.79 Å². The molecule has 2 aromatic heterocycles. The van der Waals surface area contributed by atoms with E-state index in [4.69, 9.17) is 4.74 Å². The Labute approximate surface area is 160 Å². The zero-order valence-corrected chi connectivity index (χ0v) is 15.5. The number of ether oxygens (including phenoxy) is 1. The van der Waals surface area contributed by atoms with Gasteiger partial charge in [0.05, 0.1) is 18.0 Å². The summed E-state index contributed by atoms with van der Waals surface area (Å²) >= 11 is 1.60. The number of nitrogens with one attached hydrogen (secondary N) is 2. The van der Waals surface area contributed by atoms with Gasteiger partial charge in [-0.15, -0.1) is 11.3 Å². The van der Waals surface area contributed by atoms with Crippen LogP contribution in [0.5, 0.6) is 5.75 Å². The van der Waals surface area contributed by atoms with Crippen molar-refractivity contribution in [3.05, 3.63) is 66.3 Å². The topological polar surface area (TPSA) is 67.7 Å². The lowest BCUT2D eigenvalue weighted by molar-refractivity contribution is 0.262. The van der Waals surface area contributed by atoms with E-state index in [1.165, 1.54) is 0 Å². The molecule has 0 atom stereocenters. The Bertz CT molecular complexity index is 1040. The highest BCUT2D eigenvalue weighted by molar-refractivity contribution is 7.15. The van der Waals surface area contributed by atoms with Crippen LogP contribution in [0, 0.1) is 0 Å². The van der Waals surface area contributed by atoms with Gasteiger partial charge in [0.25, 0.3) is 0 Å². The molecule has 4 rings (SSSR count). The average molecular weight is 378 g/mol. The zero-order valence-electron chi connectivity index (χ0n) is 14.7. The van der Waals surface area contributed by atoms with Gasteiger partial charge in [-0.1, -0.05) is 24.3 Å².